The summed E-state index contributed by atoms with van der Waals surface area (Å²) in [5.41, 5.74) is 0.897. The first-order valence-corrected chi connectivity index (χ1v) is 9.25. The molecule has 0 aliphatic rings. The van der Waals surface area contributed by atoms with Crippen LogP contribution in [-0.2, 0) is 9.53 Å². The van der Waals surface area contributed by atoms with E-state index in [0.717, 1.165) is 6.07 Å². The van der Waals surface area contributed by atoms with Gasteiger partial charge in [0, 0.05) is 24.3 Å². The fourth-order valence-electron chi connectivity index (χ4n) is 2.60. The third-order valence-electron chi connectivity index (χ3n) is 4.10. The molecule has 0 spiro atoms. The third kappa shape index (κ3) is 6.54. The number of alkyl halides is 2. The molecule has 2 rings (SSSR count). The Morgan fingerprint density at radius 1 is 1.00 bits per heavy atom. The van der Waals surface area contributed by atoms with Crippen molar-refractivity contribution in [2.45, 2.75) is 20.5 Å². The van der Waals surface area contributed by atoms with Gasteiger partial charge in [-0.25, -0.2) is 4.79 Å². The molecule has 7 nitrogen and oxygen atoms in total. The highest BCUT2D eigenvalue weighted by Crippen LogP contribution is 2.17. The lowest BCUT2D eigenvalue weighted by atomic mass is 10.2. The quantitative estimate of drug-likeness (QED) is 0.627. The molecular weight excluding hydrogens is 398 g/mol. The molecule has 1 N–H and O–H groups in total. The van der Waals surface area contributed by atoms with Gasteiger partial charge in [0.25, 0.3) is 11.8 Å². The van der Waals surface area contributed by atoms with E-state index in [1.54, 1.807) is 29.2 Å². The summed E-state index contributed by atoms with van der Waals surface area (Å²) in [7, 11) is 0. The molecule has 9 heteroatoms. The Morgan fingerprint density at radius 2 is 1.67 bits per heavy atom. The monoisotopic (exact) mass is 420 g/mol. The van der Waals surface area contributed by atoms with Crippen LogP contribution in [0.25, 0.3) is 0 Å². The van der Waals surface area contributed by atoms with E-state index >= 15 is 0 Å². The standard InChI is InChI=1S/C21H22F2N2O5/c1-3-25(4-2)19(27)14-8-10-16(11-9-14)24-18(26)13-29-20(28)15-6-5-7-17(12-15)30-21(22)23/h5-12,21H,3-4,13H2,1-2H3,(H,24,26). The second kappa shape index (κ2) is 10.9. The molecular formula is C21H22F2N2O5. The summed E-state index contributed by atoms with van der Waals surface area (Å²) < 4.78 is 33.6. The highest BCUT2D eigenvalue weighted by atomic mass is 19.3. The first kappa shape index (κ1) is 22.8. The minimum Gasteiger partial charge on any atom is -0.452 e. The van der Waals surface area contributed by atoms with Gasteiger partial charge in [0.05, 0.1) is 5.56 Å². The largest absolute Gasteiger partial charge is 0.452 e. The smallest absolute Gasteiger partial charge is 0.387 e. The second-order valence-electron chi connectivity index (χ2n) is 6.09. The lowest BCUT2D eigenvalue weighted by Crippen LogP contribution is -2.30. The lowest BCUT2D eigenvalue weighted by molar-refractivity contribution is -0.119. The molecule has 0 radical (unpaired) electrons. The van der Waals surface area contributed by atoms with Crippen LogP contribution in [0.1, 0.15) is 34.6 Å². The van der Waals surface area contributed by atoms with Gasteiger partial charge in [-0.05, 0) is 56.3 Å². The highest BCUT2D eigenvalue weighted by Gasteiger charge is 2.14. The van der Waals surface area contributed by atoms with Crippen molar-refractivity contribution in [1.29, 1.82) is 0 Å². The number of amides is 2. The fraction of sp³-hybridized carbons (Fsp3) is 0.286. The molecule has 160 valence electrons. The number of anilines is 1. The predicted molar refractivity (Wildman–Crippen MR) is 106 cm³/mol. The van der Waals surface area contributed by atoms with Gasteiger partial charge in [0.2, 0.25) is 0 Å². The van der Waals surface area contributed by atoms with Gasteiger partial charge in [-0.15, -0.1) is 0 Å². The average molecular weight is 420 g/mol. The molecule has 0 saturated carbocycles. The predicted octanol–water partition coefficient (Wildman–Crippen LogP) is 3.57. The van der Waals surface area contributed by atoms with E-state index in [0.29, 0.717) is 24.3 Å². The summed E-state index contributed by atoms with van der Waals surface area (Å²) in [5.74, 6) is -1.75. The van der Waals surface area contributed by atoms with Crippen LogP contribution in [-0.4, -0.2) is 49.0 Å². The Bertz CT molecular complexity index is 883. The maximum atomic E-state index is 12.3. The van der Waals surface area contributed by atoms with Crippen LogP contribution < -0.4 is 10.1 Å². The van der Waals surface area contributed by atoms with Gasteiger partial charge < -0.3 is 19.7 Å². The Hall–Kier alpha value is -3.49. The van der Waals surface area contributed by atoms with Crippen LogP contribution in [0.5, 0.6) is 5.75 Å². The number of ether oxygens (including phenoxy) is 2. The molecule has 2 amide bonds. The number of benzene rings is 2. The summed E-state index contributed by atoms with van der Waals surface area (Å²) in [6.45, 7) is 1.38. The maximum absolute atomic E-state index is 12.3. The summed E-state index contributed by atoms with van der Waals surface area (Å²) in [5, 5.41) is 2.54. The van der Waals surface area contributed by atoms with Crippen LogP contribution in [0.2, 0.25) is 0 Å². The fourth-order valence-corrected chi connectivity index (χ4v) is 2.60. The van der Waals surface area contributed by atoms with Crippen molar-refractivity contribution in [2.75, 3.05) is 25.0 Å². The van der Waals surface area contributed by atoms with Gasteiger partial charge in [-0.3, -0.25) is 9.59 Å². The number of hydrogen-bond donors (Lipinski definition) is 1. The van der Waals surface area contributed by atoms with Crippen molar-refractivity contribution >= 4 is 23.5 Å². The Kier molecular flexibility index (Phi) is 8.28. The van der Waals surface area contributed by atoms with E-state index in [9.17, 15) is 23.2 Å². The zero-order valence-corrected chi connectivity index (χ0v) is 16.6. The van der Waals surface area contributed by atoms with Crippen molar-refractivity contribution in [3.8, 4) is 5.75 Å². The van der Waals surface area contributed by atoms with Crippen LogP contribution in [0.4, 0.5) is 14.5 Å². The van der Waals surface area contributed by atoms with Crippen molar-refractivity contribution in [1.82, 2.24) is 4.90 Å². The Balaban J connectivity index is 1.89. The van der Waals surface area contributed by atoms with Gasteiger partial charge >= 0.3 is 12.6 Å². The molecule has 0 aliphatic carbocycles. The number of hydrogen-bond acceptors (Lipinski definition) is 5. The second-order valence-corrected chi connectivity index (χ2v) is 6.09. The highest BCUT2D eigenvalue weighted by molar-refractivity contribution is 5.97. The minimum absolute atomic E-state index is 0.0276. The Morgan fingerprint density at radius 3 is 2.27 bits per heavy atom. The molecule has 2 aromatic carbocycles. The summed E-state index contributed by atoms with van der Waals surface area (Å²) >= 11 is 0. The summed E-state index contributed by atoms with van der Waals surface area (Å²) in [6, 6.07) is 11.4. The van der Waals surface area contributed by atoms with E-state index in [2.05, 4.69) is 10.1 Å². The third-order valence-corrected chi connectivity index (χ3v) is 4.10. The topological polar surface area (TPSA) is 84.9 Å². The minimum atomic E-state index is -3.02. The molecule has 0 aromatic heterocycles. The van der Waals surface area contributed by atoms with Crippen molar-refractivity contribution < 1.29 is 32.6 Å². The summed E-state index contributed by atoms with van der Waals surface area (Å²) in [6.07, 6.45) is 0. The number of rotatable bonds is 9. The molecule has 0 saturated heterocycles. The number of esters is 1. The van der Waals surface area contributed by atoms with Gasteiger partial charge in [0.1, 0.15) is 5.75 Å². The molecule has 30 heavy (non-hydrogen) atoms. The molecule has 2 aromatic rings. The number of carbonyl (C=O) groups is 3. The van der Waals surface area contributed by atoms with Crippen LogP contribution >= 0.6 is 0 Å². The van der Waals surface area contributed by atoms with Crippen LogP contribution in [0, 0.1) is 0 Å². The number of carbonyl (C=O) groups excluding carboxylic acids is 3. The van der Waals surface area contributed by atoms with Crippen molar-refractivity contribution in [3.63, 3.8) is 0 Å². The maximum Gasteiger partial charge on any atom is 0.387 e. The zero-order chi connectivity index (χ0) is 22.1. The average Bonchev–Trinajstić information content (AvgIpc) is 2.73. The molecule has 0 aliphatic heterocycles. The van der Waals surface area contributed by atoms with E-state index in [-0.39, 0.29) is 17.2 Å². The first-order chi connectivity index (χ1) is 14.3. The van der Waals surface area contributed by atoms with Gasteiger partial charge in [-0.2, -0.15) is 8.78 Å². The number of nitrogens with zero attached hydrogens (tertiary/aromatic N) is 1. The van der Waals surface area contributed by atoms with Gasteiger partial charge in [0.15, 0.2) is 6.61 Å². The van der Waals surface area contributed by atoms with E-state index in [1.807, 2.05) is 13.8 Å². The molecule has 0 unspecified atom stereocenters. The zero-order valence-electron chi connectivity index (χ0n) is 16.6. The number of halogens is 2. The molecule has 0 bridgehead atoms. The van der Waals surface area contributed by atoms with Crippen molar-refractivity contribution in [2.24, 2.45) is 0 Å². The van der Waals surface area contributed by atoms with E-state index < -0.39 is 25.1 Å². The van der Waals surface area contributed by atoms with E-state index in [4.69, 9.17) is 4.74 Å². The Labute approximate surface area is 172 Å². The lowest BCUT2D eigenvalue weighted by Gasteiger charge is -2.18. The molecule has 0 heterocycles. The van der Waals surface area contributed by atoms with Crippen LogP contribution in [0.3, 0.4) is 0 Å². The summed E-state index contributed by atoms with van der Waals surface area (Å²) in [4.78, 5) is 37.9. The molecule has 0 atom stereocenters. The van der Waals surface area contributed by atoms with Gasteiger partial charge in [-0.1, -0.05) is 6.07 Å². The van der Waals surface area contributed by atoms with E-state index in [1.165, 1.54) is 18.2 Å². The number of nitrogens with one attached hydrogen (secondary N) is 1. The SMILES string of the molecule is CCN(CC)C(=O)c1ccc(NC(=O)COC(=O)c2cccc(OC(F)F)c2)cc1. The normalized spacial score (nSPS) is 10.4. The first-order valence-electron chi connectivity index (χ1n) is 9.25. The van der Waals surface area contributed by atoms with Crippen LogP contribution in [0.15, 0.2) is 48.5 Å². The van der Waals surface area contributed by atoms with Crippen molar-refractivity contribution in [3.05, 3.63) is 59.7 Å². The molecule has 0 fully saturated rings.